The highest BCUT2D eigenvalue weighted by Crippen LogP contribution is 2.22. The Hall–Kier alpha value is -1.05. The van der Waals surface area contributed by atoms with E-state index in [2.05, 4.69) is 24.9 Å². The van der Waals surface area contributed by atoms with E-state index in [-0.39, 0.29) is 0 Å². The van der Waals surface area contributed by atoms with Crippen molar-refractivity contribution in [2.45, 2.75) is 32.6 Å². The van der Waals surface area contributed by atoms with Crippen molar-refractivity contribution in [3.8, 4) is 5.88 Å². The first-order valence-corrected chi connectivity index (χ1v) is 4.81. The van der Waals surface area contributed by atoms with Crippen molar-refractivity contribution in [2.24, 2.45) is 0 Å². The molecule has 0 spiro atoms. The van der Waals surface area contributed by atoms with Crippen molar-refractivity contribution in [3.63, 3.8) is 0 Å². The molecule has 2 nitrogen and oxygen atoms in total. The van der Waals surface area contributed by atoms with Crippen LogP contribution in [0, 0.1) is 0 Å². The smallest absolute Gasteiger partial charge is 0.212 e. The molecule has 0 unspecified atom stereocenters. The quantitative estimate of drug-likeness (QED) is 0.708. The zero-order valence-corrected chi connectivity index (χ0v) is 8.58. The summed E-state index contributed by atoms with van der Waals surface area (Å²) in [5.74, 6) is 1.33. The average molecular weight is 179 g/mol. The van der Waals surface area contributed by atoms with Gasteiger partial charge in [-0.05, 0) is 24.3 Å². The van der Waals surface area contributed by atoms with E-state index in [4.69, 9.17) is 4.74 Å². The normalized spacial score (nSPS) is 10.5. The zero-order valence-electron chi connectivity index (χ0n) is 8.58. The van der Waals surface area contributed by atoms with Crippen molar-refractivity contribution in [1.82, 2.24) is 4.98 Å². The van der Waals surface area contributed by atoms with E-state index < -0.39 is 0 Å². The first-order chi connectivity index (χ1) is 6.31. The first-order valence-electron chi connectivity index (χ1n) is 4.81. The molecular weight excluding hydrogens is 162 g/mol. The van der Waals surface area contributed by atoms with E-state index >= 15 is 0 Å². The maximum Gasteiger partial charge on any atom is 0.212 e. The summed E-state index contributed by atoms with van der Waals surface area (Å²) in [6.45, 7) is 4.41. The fourth-order valence-corrected chi connectivity index (χ4v) is 1.51. The molecule has 0 radical (unpaired) electrons. The van der Waals surface area contributed by atoms with Gasteiger partial charge in [-0.1, -0.05) is 19.9 Å². The third-order valence-electron chi connectivity index (χ3n) is 2.43. The predicted molar refractivity (Wildman–Crippen MR) is 54.1 cm³/mol. The minimum absolute atomic E-state index is 0.637. The number of pyridine rings is 1. The molecule has 1 rings (SSSR count). The maximum atomic E-state index is 5.01. The molecule has 2 heteroatoms. The molecule has 72 valence electrons. The Morgan fingerprint density at radius 1 is 1.31 bits per heavy atom. The number of nitrogens with zero attached hydrogens (tertiary/aromatic N) is 1. The summed E-state index contributed by atoms with van der Waals surface area (Å²) in [6, 6.07) is 4.02. The topological polar surface area (TPSA) is 22.1 Å². The lowest BCUT2D eigenvalue weighted by molar-refractivity contribution is 0.397. The fraction of sp³-hybridized carbons (Fsp3) is 0.545. The van der Waals surface area contributed by atoms with Crippen molar-refractivity contribution >= 4 is 0 Å². The standard InChI is InChI=1S/C11H17NO/c1-4-9(5-2)10-6-7-11(13-3)12-8-10/h6-9H,4-5H2,1-3H3. The van der Waals surface area contributed by atoms with E-state index in [9.17, 15) is 0 Å². The van der Waals surface area contributed by atoms with Crippen LogP contribution in [0.1, 0.15) is 38.2 Å². The summed E-state index contributed by atoms with van der Waals surface area (Å²) >= 11 is 0. The van der Waals surface area contributed by atoms with E-state index in [0.29, 0.717) is 11.8 Å². The van der Waals surface area contributed by atoms with Gasteiger partial charge in [0.15, 0.2) is 0 Å². The lowest BCUT2D eigenvalue weighted by Gasteiger charge is -2.11. The Morgan fingerprint density at radius 3 is 2.38 bits per heavy atom. The van der Waals surface area contributed by atoms with Gasteiger partial charge in [0.1, 0.15) is 0 Å². The Morgan fingerprint density at radius 2 is 2.00 bits per heavy atom. The number of aromatic nitrogens is 1. The van der Waals surface area contributed by atoms with Crippen molar-refractivity contribution in [3.05, 3.63) is 23.9 Å². The third kappa shape index (κ3) is 2.44. The molecule has 0 aromatic carbocycles. The fourth-order valence-electron chi connectivity index (χ4n) is 1.51. The lowest BCUT2D eigenvalue weighted by Crippen LogP contribution is -1.96. The molecule has 0 fully saturated rings. The van der Waals surface area contributed by atoms with Gasteiger partial charge in [0.25, 0.3) is 0 Å². The van der Waals surface area contributed by atoms with Crippen LogP contribution in [-0.2, 0) is 0 Å². The van der Waals surface area contributed by atoms with E-state index in [1.54, 1.807) is 7.11 Å². The molecule has 1 aromatic heterocycles. The van der Waals surface area contributed by atoms with Crippen LogP contribution >= 0.6 is 0 Å². The van der Waals surface area contributed by atoms with Gasteiger partial charge in [0, 0.05) is 12.3 Å². The Labute approximate surface area is 80.0 Å². The monoisotopic (exact) mass is 179 g/mol. The summed E-state index contributed by atoms with van der Waals surface area (Å²) < 4.78 is 5.01. The zero-order chi connectivity index (χ0) is 9.68. The molecule has 0 aliphatic carbocycles. The van der Waals surface area contributed by atoms with Crippen LogP contribution < -0.4 is 4.74 Å². The number of hydrogen-bond donors (Lipinski definition) is 0. The Bertz CT molecular complexity index is 239. The van der Waals surface area contributed by atoms with Crippen LogP contribution in [-0.4, -0.2) is 12.1 Å². The van der Waals surface area contributed by atoms with Gasteiger partial charge < -0.3 is 4.74 Å². The van der Waals surface area contributed by atoms with Crippen LogP contribution in [0.25, 0.3) is 0 Å². The Balaban J connectivity index is 2.78. The average Bonchev–Trinajstić information content (AvgIpc) is 2.21. The van der Waals surface area contributed by atoms with Gasteiger partial charge in [-0.3, -0.25) is 0 Å². The summed E-state index contributed by atoms with van der Waals surface area (Å²) in [5, 5.41) is 0. The van der Waals surface area contributed by atoms with Crippen molar-refractivity contribution in [1.29, 1.82) is 0 Å². The Kier molecular flexibility index (Phi) is 3.74. The summed E-state index contributed by atoms with van der Waals surface area (Å²) in [6.07, 6.45) is 4.26. The molecular formula is C11H17NO. The van der Waals surface area contributed by atoms with Crippen LogP contribution in [0.5, 0.6) is 5.88 Å². The van der Waals surface area contributed by atoms with E-state index in [1.165, 1.54) is 18.4 Å². The minimum Gasteiger partial charge on any atom is -0.481 e. The van der Waals surface area contributed by atoms with Crippen LogP contribution in [0.3, 0.4) is 0 Å². The molecule has 0 saturated carbocycles. The van der Waals surface area contributed by atoms with E-state index in [1.807, 2.05) is 12.3 Å². The molecule has 0 amide bonds. The number of methoxy groups -OCH3 is 1. The van der Waals surface area contributed by atoms with Crippen molar-refractivity contribution < 1.29 is 4.74 Å². The van der Waals surface area contributed by atoms with Gasteiger partial charge in [0.2, 0.25) is 5.88 Å². The molecule has 0 N–H and O–H groups in total. The molecule has 13 heavy (non-hydrogen) atoms. The first kappa shape index (κ1) is 10.0. The summed E-state index contributed by atoms with van der Waals surface area (Å²) in [5.41, 5.74) is 1.31. The number of rotatable bonds is 4. The second kappa shape index (κ2) is 4.85. The second-order valence-electron chi connectivity index (χ2n) is 3.15. The summed E-state index contributed by atoms with van der Waals surface area (Å²) in [4.78, 5) is 4.19. The van der Waals surface area contributed by atoms with Crippen LogP contribution in [0.4, 0.5) is 0 Å². The van der Waals surface area contributed by atoms with E-state index in [0.717, 1.165) is 0 Å². The highest BCUT2D eigenvalue weighted by molar-refractivity contribution is 5.20. The number of hydrogen-bond acceptors (Lipinski definition) is 2. The maximum absolute atomic E-state index is 5.01. The van der Waals surface area contributed by atoms with Crippen molar-refractivity contribution in [2.75, 3.05) is 7.11 Å². The SMILES string of the molecule is CCC(CC)c1ccc(OC)nc1. The molecule has 0 saturated heterocycles. The molecule has 0 atom stereocenters. The largest absolute Gasteiger partial charge is 0.481 e. The highest BCUT2D eigenvalue weighted by Gasteiger charge is 2.06. The molecule has 0 aliphatic heterocycles. The van der Waals surface area contributed by atoms with Gasteiger partial charge >= 0.3 is 0 Å². The lowest BCUT2D eigenvalue weighted by atomic mass is 9.96. The second-order valence-corrected chi connectivity index (χ2v) is 3.15. The van der Waals surface area contributed by atoms with Gasteiger partial charge in [-0.2, -0.15) is 0 Å². The molecule has 0 bridgehead atoms. The highest BCUT2D eigenvalue weighted by atomic mass is 16.5. The number of ether oxygens (including phenoxy) is 1. The van der Waals surface area contributed by atoms with Crippen LogP contribution in [0.15, 0.2) is 18.3 Å². The van der Waals surface area contributed by atoms with Gasteiger partial charge in [-0.25, -0.2) is 4.98 Å². The molecule has 0 aliphatic rings. The third-order valence-corrected chi connectivity index (χ3v) is 2.43. The molecule has 1 aromatic rings. The molecule has 1 heterocycles. The van der Waals surface area contributed by atoms with Gasteiger partial charge in [-0.15, -0.1) is 0 Å². The minimum atomic E-state index is 0.637. The summed E-state index contributed by atoms with van der Waals surface area (Å²) in [7, 11) is 1.64. The van der Waals surface area contributed by atoms with Gasteiger partial charge in [0.05, 0.1) is 7.11 Å². The predicted octanol–water partition coefficient (Wildman–Crippen LogP) is 2.99. The van der Waals surface area contributed by atoms with Crippen LogP contribution in [0.2, 0.25) is 0 Å².